The second-order valence-corrected chi connectivity index (χ2v) is 9.64. The molecule has 2 rings (SSSR count). The van der Waals surface area contributed by atoms with Crippen molar-refractivity contribution >= 4 is 23.9 Å². The standard InChI is InChI=1S/C22H37N3O6/c1-6-14(2)17(23-21(30)31-22(3,4)5)19(27)24-12-9-15(10-13-24)18(26)25-11-7-8-16(25)20(28)29/h14-17H,6-13H2,1-5H3,(H,23,30)(H,28,29)/t14-,16-,17-/m0/s1. The lowest BCUT2D eigenvalue weighted by atomic mass is 9.92. The van der Waals surface area contributed by atoms with Crippen LogP contribution >= 0.6 is 0 Å². The number of carbonyl (C=O) groups is 4. The lowest BCUT2D eigenvalue weighted by molar-refractivity contribution is -0.151. The molecule has 2 N–H and O–H groups in total. The minimum atomic E-state index is -0.955. The topological polar surface area (TPSA) is 116 Å². The number of nitrogens with one attached hydrogen (secondary N) is 1. The van der Waals surface area contributed by atoms with E-state index < -0.39 is 29.7 Å². The number of piperidine rings is 1. The number of carboxylic acids is 1. The monoisotopic (exact) mass is 439 g/mol. The molecular weight excluding hydrogens is 402 g/mol. The van der Waals surface area contributed by atoms with Gasteiger partial charge in [0.2, 0.25) is 11.8 Å². The maximum atomic E-state index is 13.2. The zero-order chi connectivity index (χ0) is 23.3. The molecule has 0 aromatic heterocycles. The summed E-state index contributed by atoms with van der Waals surface area (Å²) < 4.78 is 5.32. The van der Waals surface area contributed by atoms with Gasteiger partial charge in [-0.1, -0.05) is 20.3 Å². The fourth-order valence-electron chi connectivity index (χ4n) is 4.18. The molecule has 9 heteroatoms. The van der Waals surface area contributed by atoms with Crippen molar-refractivity contribution in [2.75, 3.05) is 19.6 Å². The van der Waals surface area contributed by atoms with Crippen LogP contribution in [0.2, 0.25) is 0 Å². The fraction of sp³-hybridized carbons (Fsp3) is 0.818. The van der Waals surface area contributed by atoms with Crippen LogP contribution in [-0.2, 0) is 19.1 Å². The third-order valence-electron chi connectivity index (χ3n) is 6.13. The van der Waals surface area contributed by atoms with E-state index in [4.69, 9.17) is 4.74 Å². The SMILES string of the molecule is CC[C@H](C)[C@H](NC(=O)OC(C)(C)C)C(=O)N1CCC(C(=O)N2CCC[C@H]2C(=O)O)CC1. The van der Waals surface area contributed by atoms with Crippen molar-refractivity contribution in [2.45, 2.75) is 84.4 Å². The molecule has 2 aliphatic heterocycles. The van der Waals surface area contributed by atoms with E-state index in [1.54, 1.807) is 25.7 Å². The van der Waals surface area contributed by atoms with Gasteiger partial charge in [-0.2, -0.15) is 0 Å². The first-order chi connectivity index (χ1) is 14.4. The fourth-order valence-corrected chi connectivity index (χ4v) is 4.18. The number of rotatable bonds is 6. The zero-order valence-corrected chi connectivity index (χ0v) is 19.3. The number of nitrogens with zero attached hydrogens (tertiary/aromatic N) is 2. The molecule has 0 saturated carbocycles. The number of aliphatic carboxylic acids is 1. The first-order valence-corrected chi connectivity index (χ1v) is 11.3. The molecule has 0 aromatic rings. The van der Waals surface area contributed by atoms with Crippen LogP contribution < -0.4 is 5.32 Å². The van der Waals surface area contributed by atoms with Crippen LogP contribution in [0.3, 0.4) is 0 Å². The first-order valence-electron chi connectivity index (χ1n) is 11.3. The van der Waals surface area contributed by atoms with Crippen molar-refractivity contribution in [1.82, 2.24) is 15.1 Å². The van der Waals surface area contributed by atoms with E-state index in [-0.39, 0.29) is 23.7 Å². The van der Waals surface area contributed by atoms with Crippen LogP contribution in [0.15, 0.2) is 0 Å². The Balaban J connectivity index is 1.97. The molecule has 3 amide bonds. The number of carbonyl (C=O) groups excluding carboxylic acids is 3. The molecule has 2 saturated heterocycles. The summed E-state index contributed by atoms with van der Waals surface area (Å²) in [5.41, 5.74) is -0.658. The van der Waals surface area contributed by atoms with Crippen LogP contribution in [0.25, 0.3) is 0 Å². The summed E-state index contributed by atoms with van der Waals surface area (Å²) in [4.78, 5) is 52.8. The van der Waals surface area contributed by atoms with E-state index in [0.717, 1.165) is 0 Å². The highest BCUT2D eigenvalue weighted by atomic mass is 16.6. The maximum absolute atomic E-state index is 13.2. The van der Waals surface area contributed by atoms with Gasteiger partial charge in [0.25, 0.3) is 0 Å². The Labute approximate surface area is 184 Å². The lowest BCUT2D eigenvalue weighted by Crippen LogP contribution is -2.55. The summed E-state index contributed by atoms with van der Waals surface area (Å²) in [5.74, 6) is -1.59. The highest BCUT2D eigenvalue weighted by Crippen LogP contribution is 2.26. The largest absolute Gasteiger partial charge is 0.480 e. The Morgan fingerprint density at radius 1 is 1.10 bits per heavy atom. The van der Waals surface area contributed by atoms with Gasteiger partial charge in [-0.25, -0.2) is 9.59 Å². The molecule has 176 valence electrons. The number of alkyl carbamates (subject to hydrolysis) is 1. The third kappa shape index (κ3) is 6.58. The van der Waals surface area contributed by atoms with Gasteiger partial charge in [0.15, 0.2) is 0 Å². The van der Waals surface area contributed by atoms with Crippen molar-refractivity contribution in [3.63, 3.8) is 0 Å². The van der Waals surface area contributed by atoms with E-state index in [0.29, 0.717) is 51.7 Å². The van der Waals surface area contributed by atoms with Gasteiger partial charge < -0.3 is 25.0 Å². The molecule has 3 atom stereocenters. The van der Waals surface area contributed by atoms with E-state index in [1.807, 2.05) is 13.8 Å². The Morgan fingerprint density at radius 2 is 1.71 bits per heavy atom. The van der Waals surface area contributed by atoms with Gasteiger partial charge in [-0.05, 0) is 52.4 Å². The normalized spacial score (nSPS) is 22.0. The van der Waals surface area contributed by atoms with Gasteiger partial charge in [0.05, 0.1) is 0 Å². The molecule has 2 fully saturated rings. The second-order valence-electron chi connectivity index (χ2n) is 9.64. The smallest absolute Gasteiger partial charge is 0.408 e. The summed E-state index contributed by atoms with van der Waals surface area (Å²) >= 11 is 0. The Morgan fingerprint density at radius 3 is 2.23 bits per heavy atom. The minimum Gasteiger partial charge on any atom is -0.480 e. The molecule has 0 spiro atoms. The number of hydrogen-bond acceptors (Lipinski definition) is 5. The van der Waals surface area contributed by atoms with Crippen molar-refractivity contribution in [3.8, 4) is 0 Å². The summed E-state index contributed by atoms with van der Waals surface area (Å²) in [6.07, 6.45) is 2.27. The van der Waals surface area contributed by atoms with Gasteiger partial charge in [0.1, 0.15) is 17.7 Å². The number of likely N-dealkylation sites (tertiary alicyclic amines) is 2. The highest BCUT2D eigenvalue weighted by Gasteiger charge is 2.39. The zero-order valence-electron chi connectivity index (χ0n) is 19.3. The van der Waals surface area contributed by atoms with Crippen molar-refractivity contribution in [1.29, 1.82) is 0 Å². The predicted molar refractivity (Wildman–Crippen MR) is 114 cm³/mol. The van der Waals surface area contributed by atoms with Gasteiger partial charge in [-0.3, -0.25) is 9.59 Å². The first kappa shape index (κ1) is 24.9. The number of carboxylic acid groups (broad SMARTS) is 1. The Bertz CT molecular complexity index is 681. The van der Waals surface area contributed by atoms with Crippen LogP contribution in [0.1, 0.15) is 66.7 Å². The Kier molecular flexibility index (Phi) is 8.31. The van der Waals surface area contributed by atoms with E-state index in [1.165, 1.54) is 4.90 Å². The van der Waals surface area contributed by atoms with Gasteiger partial charge in [-0.15, -0.1) is 0 Å². The van der Waals surface area contributed by atoms with Gasteiger partial charge >= 0.3 is 12.1 Å². The average molecular weight is 440 g/mol. The molecule has 31 heavy (non-hydrogen) atoms. The van der Waals surface area contributed by atoms with Crippen LogP contribution in [0.4, 0.5) is 4.79 Å². The van der Waals surface area contributed by atoms with Crippen molar-refractivity contribution in [3.05, 3.63) is 0 Å². The number of hydrogen-bond donors (Lipinski definition) is 2. The summed E-state index contributed by atoms with van der Waals surface area (Å²) in [5, 5.41) is 12.1. The summed E-state index contributed by atoms with van der Waals surface area (Å²) in [6, 6.07) is -1.43. The molecule has 2 aliphatic rings. The van der Waals surface area contributed by atoms with E-state index in [9.17, 15) is 24.3 Å². The van der Waals surface area contributed by atoms with Crippen molar-refractivity contribution in [2.24, 2.45) is 11.8 Å². The minimum absolute atomic E-state index is 0.0692. The lowest BCUT2D eigenvalue weighted by Gasteiger charge is -2.37. The molecule has 9 nitrogen and oxygen atoms in total. The highest BCUT2D eigenvalue weighted by molar-refractivity contribution is 5.87. The molecule has 0 aliphatic carbocycles. The molecule has 0 bridgehead atoms. The molecular formula is C22H37N3O6. The quantitative estimate of drug-likeness (QED) is 0.656. The summed E-state index contributed by atoms with van der Waals surface area (Å²) in [6.45, 7) is 10.5. The van der Waals surface area contributed by atoms with Gasteiger partial charge in [0, 0.05) is 25.6 Å². The molecule has 2 heterocycles. The van der Waals surface area contributed by atoms with Crippen molar-refractivity contribution < 1.29 is 29.0 Å². The second kappa shape index (κ2) is 10.3. The van der Waals surface area contributed by atoms with E-state index in [2.05, 4.69) is 5.32 Å². The number of amides is 3. The average Bonchev–Trinajstić information content (AvgIpc) is 3.19. The van der Waals surface area contributed by atoms with E-state index >= 15 is 0 Å². The Hall–Kier alpha value is -2.32. The molecule has 0 aromatic carbocycles. The van der Waals surface area contributed by atoms with Crippen LogP contribution in [0.5, 0.6) is 0 Å². The van der Waals surface area contributed by atoms with Crippen LogP contribution in [-0.4, -0.2) is 76.1 Å². The third-order valence-corrected chi connectivity index (χ3v) is 6.13. The maximum Gasteiger partial charge on any atom is 0.408 e. The summed E-state index contributed by atoms with van der Waals surface area (Å²) in [7, 11) is 0. The predicted octanol–water partition coefficient (Wildman–Crippen LogP) is 2.24. The number of ether oxygens (including phenoxy) is 1. The molecule has 0 unspecified atom stereocenters. The molecule has 0 radical (unpaired) electrons. The van der Waals surface area contributed by atoms with Crippen LogP contribution in [0, 0.1) is 11.8 Å².